The Kier molecular flexibility index (Phi) is 3.94. The highest BCUT2D eigenvalue weighted by molar-refractivity contribution is 6.08. The van der Waals surface area contributed by atoms with Gasteiger partial charge in [-0.15, -0.1) is 12.4 Å². The van der Waals surface area contributed by atoms with E-state index in [4.69, 9.17) is 4.52 Å². The van der Waals surface area contributed by atoms with E-state index in [2.05, 4.69) is 16.5 Å². The van der Waals surface area contributed by atoms with Gasteiger partial charge in [0.2, 0.25) is 5.91 Å². The number of para-hydroxylation sites is 1. The number of hydrogen-bond acceptors (Lipinski definition) is 4. The number of halogens is 1. The fraction of sp³-hybridized carbons (Fsp3) is 0.412. The predicted octanol–water partition coefficient (Wildman–Crippen LogP) is 2.49. The topological polar surface area (TPSA) is 58.4 Å². The van der Waals surface area contributed by atoms with Crippen LogP contribution in [0.25, 0.3) is 0 Å². The van der Waals surface area contributed by atoms with Gasteiger partial charge in [-0.1, -0.05) is 23.4 Å². The van der Waals surface area contributed by atoms with Crippen molar-refractivity contribution in [2.75, 3.05) is 18.0 Å². The minimum Gasteiger partial charge on any atom is -0.361 e. The van der Waals surface area contributed by atoms with Crippen LogP contribution in [-0.2, 0) is 16.8 Å². The summed E-state index contributed by atoms with van der Waals surface area (Å²) >= 11 is 0. The number of anilines is 1. The van der Waals surface area contributed by atoms with Crippen molar-refractivity contribution in [2.24, 2.45) is 0 Å². The second-order valence-corrected chi connectivity index (χ2v) is 6.22. The van der Waals surface area contributed by atoms with Crippen LogP contribution >= 0.6 is 12.4 Å². The summed E-state index contributed by atoms with van der Waals surface area (Å²) in [4.78, 5) is 15.1. The lowest BCUT2D eigenvalue weighted by atomic mass is 9.81. The maximum absolute atomic E-state index is 13.2. The van der Waals surface area contributed by atoms with Crippen molar-refractivity contribution in [3.05, 3.63) is 46.8 Å². The monoisotopic (exact) mass is 333 g/mol. The molecule has 1 spiro atoms. The number of aromatic nitrogens is 1. The zero-order valence-electron chi connectivity index (χ0n) is 13.3. The third-order valence-electron chi connectivity index (χ3n) is 5.02. The Morgan fingerprint density at radius 2 is 2.13 bits per heavy atom. The fourth-order valence-corrected chi connectivity index (χ4v) is 3.74. The second-order valence-electron chi connectivity index (χ2n) is 6.22. The molecular weight excluding hydrogens is 314 g/mol. The molecule has 23 heavy (non-hydrogen) atoms. The first kappa shape index (κ1) is 16.0. The van der Waals surface area contributed by atoms with Crippen molar-refractivity contribution in [3.63, 3.8) is 0 Å². The first-order valence-corrected chi connectivity index (χ1v) is 7.67. The number of fused-ring (bicyclic) bond motifs is 2. The zero-order valence-corrected chi connectivity index (χ0v) is 14.1. The van der Waals surface area contributed by atoms with Gasteiger partial charge in [0.15, 0.2) is 0 Å². The van der Waals surface area contributed by atoms with E-state index < -0.39 is 5.41 Å². The van der Waals surface area contributed by atoms with Crippen molar-refractivity contribution in [1.82, 2.24) is 10.5 Å². The predicted molar refractivity (Wildman–Crippen MR) is 90.0 cm³/mol. The van der Waals surface area contributed by atoms with Crippen molar-refractivity contribution in [2.45, 2.75) is 32.2 Å². The van der Waals surface area contributed by atoms with Crippen molar-refractivity contribution < 1.29 is 9.32 Å². The molecule has 4 rings (SSSR count). The first-order chi connectivity index (χ1) is 10.6. The van der Waals surface area contributed by atoms with E-state index in [-0.39, 0.29) is 18.3 Å². The summed E-state index contributed by atoms with van der Waals surface area (Å²) in [6, 6.07) is 8.14. The number of carbonyl (C=O) groups is 1. The van der Waals surface area contributed by atoms with E-state index in [1.165, 1.54) is 0 Å². The third kappa shape index (κ3) is 2.18. The highest BCUT2D eigenvalue weighted by Crippen LogP contribution is 2.46. The minimum absolute atomic E-state index is 0. The summed E-state index contributed by atoms with van der Waals surface area (Å²) in [7, 11) is 0. The average Bonchev–Trinajstić information content (AvgIpc) is 3.19. The molecule has 1 N–H and O–H groups in total. The first-order valence-electron chi connectivity index (χ1n) is 7.67. The van der Waals surface area contributed by atoms with Gasteiger partial charge in [-0.3, -0.25) is 4.79 Å². The summed E-state index contributed by atoms with van der Waals surface area (Å²) in [5.74, 6) is 0.979. The Bertz CT molecular complexity index is 731. The molecule has 122 valence electrons. The number of aryl methyl sites for hydroxylation is 2. The summed E-state index contributed by atoms with van der Waals surface area (Å²) in [5, 5.41) is 7.35. The molecule has 2 aromatic rings. The van der Waals surface area contributed by atoms with E-state index in [9.17, 15) is 4.79 Å². The Morgan fingerprint density at radius 1 is 1.35 bits per heavy atom. The van der Waals surface area contributed by atoms with Gasteiger partial charge in [-0.05, 0) is 38.4 Å². The Balaban J connectivity index is 0.00000156. The molecule has 0 aliphatic carbocycles. The Hall–Kier alpha value is -1.85. The van der Waals surface area contributed by atoms with Gasteiger partial charge in [-0.25, -0.2) is 0 Å². The van der Waals surface area contributed by atoms with Gasteiger partial charge in [0, 0.05) is 17.8 Å². The van der Waals surface area contributed by atoms with Crippen molar-refractivity contribution in [1.29, 1.82) is 0 Å². The fourth-order valence-electron chi connectivity index (χ4n) is 3.74. The highest BCUT2D eigenvalue weighted by Gasteiger charge is 2.52. The lowest BCUT2D eigenvalue weighted by Gasteiger charge is -2.22. The van der Waals surface area contributed by atoms with Gasteiger partial charge in [0.05, 0.1) is 17.7 Å². The van der Waals surface area contributed by atoms with Gasteiger partial charge in [0.25, 0.3) is 0 Å². The summed E-state index contributed by atoms with van der Waals surface area (Å²) in [6.45, 7) is 5.96. The van der Waals surface area contributed by atoms with E-state index in [0.717, 1.165) is 47.8 Å². The molecule has 1 amide bonds. The average molecular weight is 334 g/mol. The molecule has 1 aromatic carbocycles. The number of rotatable bonds is 2. The molecule has 2 aliphatic rings. The molecule has 2 aliphatic heterocycles. The van der Waals surface area contributed by atoms with Crippen LogP contribution in [0.1, 0.15) is 29.0 Å². The lowest BCUT2D eigenvalue weighted by molar-refractivity contribution is -0.122. The van der Waals surface area contributed by atoms with Crippen LogP contribution in [0.2, 0.25) is 0 Å². The number of benzene rings is 1. The van der Waals surface area contributed by atoms with Crippen LogP contribution in [0.4, 0.5) is 5.69 Å². The number of amides is 1. The van der Waals surface area contributed by atoms with E-state index in [1.807, 2.05) is 36.9 Å². The van der Waals surface area contributed by atoms with Gasteiger partial charge >= 0.3 is 0 Å². The molecule has 0 bridgehead atoms. The third-order valence-corrected chi connectivity index (χ3v) is 5.02. The maximum Gasteiger partial charge on any atom is 0.239 e. The van der Waals surface area contributed by atoms with Crippen LogP contribution in [0.5, 0.6) is 0 Å². The normalized spacial score (nSPS) is 22.5. The Labute approximate surface area is 141 Å². The van der Waals surface area contributed by atoms with Crippen molar-refractivity contribution >= 4 is 24.0 Å². The van der Waals surface area contributed by atoms with Gasteiger partial charge < -0.3 is 14.7 Å². The molecular formula is C17H20ClN3O2. The molecule has 0 radical (unpaired) electrons. The highest BCUT2D eigenvalue weighted by atomic mass is 35.5. The van der Waals surface area contributed by atoms with E-state index >= 15 is 0 Å². The number of carbonyl (C=O) groups excluding carboxylic acids is 1. The minimum atomic E-state index is -0.393. The van der Waals surface area contributed by atoms with Crippen LogP contribution in [0.3, 0.4) is 0 Å². The zero-order chi connectivity index (χ0) is 15.3. The standard InChI is InChI=1S/C17H19N3O2.ClH/c1-11-13(12(2)22-19-11)9-20-15-6-4-3-5-14(15)17(16(20)21)7-8-18-10-17;/h3-6,18H,7-10H2,1-2H3;1H. The lowest BCUT2D eigenvalue weighted by Crippen LogP contribution is -2.41. The van der Waals surface area contributed by atoms with Crippen LogP contribution in [-0.4, -0.2) is 24.2 Å². The quantitative estimate of drug-likeness (QED) is 0.917. The smallest absolute Gasteiger partial charge is 0.239 e. The van der Waals surface area contributed by atoms with Crippen LogP contribution in [0.15, 0.2) is 28.8 Å². The summed E-state index contributed by atoms with van der Waals surface area (Å²) in [6.07, 6.45) is 0.862. The molecule has 1 unspecified atom stereocenters. The largest absolute Gasteiger partial charge is 0.361 e. The van der Waals surface area contributed by atoms with E-state index in [1.54, 1.807) is 0 Å². The Morgan fingerprint density at radius 3 is 2.78 bits per heavy atom. The molecule has 1 saturated heterocycles. The van der Waals surface area contributed by atoms with Gasteiger partial charge in [0.1, 0.15) is 5.76 Å². The van der Waals surface area contributed by atoms with Gasteiger partial charge in [-0.2, -0.15) is 0 Å². The molecule has 1 atom stereocenters. The van der Waals surface area contributed by atoms with E-state index in [0.29, 0.717) is 6.54 Å². The maximum atomic E-state index is 13.2. The summed E-state index contributed by atoms with van der Waals surface area (Å²) in [5.41, 5.74) is 3.64. The second kappa shape index (κ2) is 5.65. The molecule has 6 heteroatoms. The molecule has 1 fully saturated rings. The van der Waals surface area contributed by atoms with Crippen LogP contribution in [0, 0.1) is 13.8 Å². The number of hydrogen-bond donors (Lipinski definition) is 1. The van der Waals surface area contributed by atoms with Crippen molar-refractivity contribution in [3.8, 4) is 0 Å². The molecule has 5 nitrogen and oxygen atoms in total. The van der Waals surface area contributed by atoms with Crippen LogP contribution < -0.4 is 10.2 Å². The number of nitrogens with zero attached hydrogens (tertiary/aromatic N) is 2. The number of nitrogens with one attached hydrogen (secondary N) is 1. The molecule has 0 saturated carbocycles. The molecule has 1 aromatic heterocycles. The summed E-state index contributed by atoms with van der Waals surface area (Å²) < 4.78 is 5.25. The SMILES string of the molecule is Cc1noc(C)c1CN1C(=O)C2(CCNC2)c2ccccc21.Cl. The molecule has 3 heterocycles.